The van der Waals surface area contributed by atoms with Gasteiger partial charge in [-0.15, -0.1) is 0 Å². The molecule has 0 radical (unpaired) electrons. The summed E-state index contributed by atoms with van der Waals surface area (Å²) in [6.07, 6.45) is 0. The standard InChI is InChI=1S/C13H10N2O3S.Na.H/c16-19(17,18)10-6-7-11-12(8-10)15-13(14-11)9-4-2-1-3-5-9;;/h1-8H,(H,14,15)(H,16,17,18);;/q;+1;-1. The van der Waals surface area contributed by atoms with Gasteiger partial charge in [-0.1, -0.05) is 30.3 Å². The summed E-state index contributed by atoms with van der Waals surface area (Å²) in [5.41, 5.74) is 2.12. The molecular formula is C13H11N2NaO3S. The molecular weight excluding hydrogens is 287 g/mol. The number of hydrogen-bond acceptors (Lipinski definition) is 3. The minimum absolute atomic E-state index is 0. The predicted molar refractivity (Wildman–Crippen MR) is 72.5 cm³/mol. The molecule has 0 saturated heterocycles. The molecule has 3 rings (SSSR count). The van der Waals surface area contributed by atoms with Crippen LogP contribution in [0.5, 0.6) is 0 Å². The fraction of sp³-hybridized carbons (Fsp3) is 0. The van der Waals surface area contributed by atoms with Gasteiger partial charge in [-0.05, 0) is 18.2 Å². The molecule has 0 amide bonds. The first kappa shape index (κ1) is 15.2. The van der Waals surface area contributed by atoms with Crippen LogP contribution < -0.4 is 29.6 Å². The summed E-state index contributed by atoms with van der Waals surface area (Å²) in [6.45, 7) is 0. The van der Waals surface area contributed by atoms with Crippen LogP contribution in [0, 0.1) is 0 Å². The van der Waals surface area contributed by atoms with Crippen LogP contribution in [0.4, 0.5) is 0 Å². The summed E-state index contributed by atoms with van der Waals surface area (Å²) in [6, 6.07) is 13.8. The fourth-order valence-corrected chi connectivity index (χ4v) is 2.39. The Balaban J connectivity index is 0.00000110. The molecule has 2 aromatic carbocycles. The van der Waals surface area contributed by atoms with Crippen molar-refractivity contribution in [3.05, 3.63) is 48.5 Å². The van der Waals surface area contributed by atoms with E-state index in [4.69, 9.17) is 4.55 Å². The Morgan fingerprint density at radius 3 is 2.45 bits per heavy atom. The Kier molecular flexibility index (Phi) is 4.31. The number of fused-ring (bicyclic) bond motifs is 1. The van der Waals surface area contributed by atoms with Gasteiger partial charge < -0.3 is 6.41 Å². The minimum atomic E-state index is -4.20. The average molecular weight is 298 g/mol. The van der Waals surface area contributed by atoms with Gasteiger partial charge in [0.25, 0.3) is 10.1 Å². The number of H-pyrrole nitrogens is 1. The summed E-state index contributed by atoms with van der Waals surface area (Å²) in [7, 11) is -4.20. The van der Waals surface area contributed by atoms with Crippen molar-refractivity contribution in [2.75, 3.05) is 0 Å². The van der Waals surface area contributed by atoms with Gasteiger partial charge in [-0.2, -0.15) is 8.42 Å². The number of nitrogens with one attached hydrogen (secondary N) is 1. The van der Waals surface area contributed by atoms with Gasteiger partial charge in [0.2, 0.25) is 0 Å². The molecule has 1 aromatic heterocycles. The van der Waals surface area contributed by atoms with Crippen LogP contribution in [0.3, 0.4) is 0 Å². The molecule has 1 heterocycles. The van der Waals surface area contributed by atoms with Gasteiger partial charge >= 0.3 is 29.6 Å². The molecule has 0 aliphatic rings. The Morgan fingerprint density at radius 1 is 1.10 bits per heavy atom. The molecule has 0 fully saturated rings. The topological polar surface area (TPSA) is 83.1 Å². The summed E-state index contributed by atoms with van der Waals surface area (Å²) < 4.78 is 31.2. The molecule has 0 atom stereocenters. The van der Waals surface area contributed by atoms with E-state index in [0.717, 1.165) is 5.56 Å². The molecule has 0 spiro atoms. The third kappa shape index (κ3) is 2.94. The second-order valence-corrected chi connectivity index (χ2v) is 5.53. The smallest absolute Gasteiger partial charge is 1.00 e. The number of aromatic amines is 1. The SMILES string of the molecule is O=S(=O)(O)c1ccc2nc(-c3ccccc3)[nH]c2c1.[H-].[Na+]. The van der Waals surface area contributed by atoms with Crippen molar-refractivity contribution in [1.82, 2.24) is 9.97 Å². The molecule has 7 heteroatoms. The van der Waals surface area contributed by atoms with E-state index in [2.05, 4.69) is 9.97 Å². The largest absolute Gasteiger partial charge is 1.00 e. The molecule has 20 heavy (non-hydrogen) atoms. The van der Waals surface area contributed by atoms with E-state index in [1.54, 1.807) is 6.07 Å². The zero-order valence-corrected chi connectivity index (χ0v) is 13.6. The second-order valence-electron chi connectivity index (χ2n) is 4.11. The Bertz CT molecular complexity index is 850. The van der Waals surface area contributed by atoms with Gasteiger partial charge in [0, 0.05) is 5.56 Å². The average Bonchev–Trinajstić information content (AvgIpc) is 2.81. The van der Waals surface area contributed by atoms with E-state index < -0.39 is 10.1 Å². The van der Waals surface area contributed by atoms with Crippen LogP contribution in [-0.2, 0) is 10.1 Å². The zero-order chi connectivity index (χ0) is 13.5. The second kappa shape index (κ2) is 5.67. The van der Waals surface area contributed by atoms with E-state index in [-0.39, 0.29) is 35.9 Å². The van der Waals surface area contributed by atoms with Crippen molar-refractivity contribution in [3.63, 3.8) is 0 Å². The maximum absolute atomic E-state index is 11.1. The summed E-state index contributed by atoms with van der Waals surface area (Å²) in [5, 5.41) is 0. The molecule has 5 nitrogen and oxygen atoms in total. The van der Waals surface area contributed by atoms with Crippen molar-refractivity contribution < 1.29 is 44.0 Å². The van der Waals surface area contributed by atoms with Crippen molar-refractivity contribution in [2.24, 2.45) is 0 Å². The minimum Gasteiger partial charge on any atom is -1.00 e. The zero-order valence-electron chi connectivity index (χ0n) is 11.7. The van der Waals surface area contributed by atoms with Gasteiger partial charge in [0.1, 0.15) is 5.82 Å². The van der Waals surface area contributed by atoms with Crippen LogP contribution in [-0.4, -0.2) is 22.9 Å². The molecule has 0 aliphatic carbocycles. The van der Waals surface area contributed by atoms with Crippen molar-refractivity contribution in [1.29, 1.82) is 0 Å². The van der Waals surface area contributed by atoms with E-state index in [9.17, 15) is 8.42 Å². The number of hydrogen-bond donors (Lipinski definition) is 2. The maximum Gasteiger partial charge on any atom is 1.00 e. The van der Waals surface area contributed by atoms with Crippen LogP contribution >= 0.6 is 0 Å². The quantitative estimate of drug-likeness (QED) is 0.498. The van der Waals surface area contributed by atoms with Crippen LogP contribution in [0.25, 0.3) is 22.4 Å². The number of benzene rings is 2. The van der Waals surface area contributed by atoms with Crippen molar-refractivity contribution in [3.8, 4) is 11.4 Å². The first-order chi connectivity index (χ1) is 9.04. The van der Waals surface area contributed by atoms with Crippen LogP contribution in [0.15, 0.2) is 53.4 Å². The Hall–Kier alpha value is -1.18. The number of imidazole rings is 1. The summed E-state index contributed by atoms with van der Waals surface area (Å²) >= 11 is 0. The van der Waals surface area contributed by atoms with Crippen LogP contribution in [0.2, 0.25) is 0 Å². The van der Waals surface area contributed by atoms with Crippen LogP contribution in [0.1, 0.15) is 1.43 Å². The molecule has 0 aliphatic heterocycles. The monoisotopic (exact) mass is 298 g/mol. The first-order valence-corrected chi connectivity index (χ1v) is 7.01. The van der Waals surface area contributed by atoms with Crippen molar-refractivity contribution >= 4 is 21.2 Å². The maximum atomic E-state index is 11.1. The normalized spacial score (nSPS) is 11.2. The third-order valence-electron chi connectivity index (χ3n) is 2.80. The van der Waals surface area contributed by atoms with E-state index in [1.165, 1.54) is 12.1 Å². The fourth-order valence-electron chi connectivity index (χ4n) is 1.88. The molecule has 98 valence electrons. The predicted octanol–water partition coefficient (Wildman–Crippen LogP) is -0.407. The number of rotatable bonds is 2. The number of aromatic nitrogens is 2. The Morgan fingerprint density at radius 2 is 1.80 bits per heavy atom. The first-order valence-electron chi connectivity index (χ1n) is 5.57. The summed E-state index contributed by atoms with van der Waals surface area (Å²) in [4.78, 5) is 7.26. The van der Waals surface area contributed by atoms with Crippen molar-refractivity contribution in [2.45, 2.75) is 4.90 Å². The third-order valence-corrected chi connectivity index (χ3v) is 3.65. The van der Waals surface area contributed by atoms with Gasteiger partial charge in [-0.25, -0.2) is 4.98 Å². The molecule has 2 N–H and O–H groups in total. The molecule has 0 unspecified atom stereocenters. The Labute approximate surface area is 139 Å². The van der Waals surface area contributed by atoms with E-state index in [1.807, 2.05) is 30.3 Å². The van der Waals surface area contributed by atoms with Gasteiger partial charge in [0.05, 0.1) is 15.9 Å². The van der Waals surface area contributed by atoms with E-state index in [0.29, 0.717) is 16.9 Å². The number of nitrogens with zero attached hydrogens (tertiary/aromatic N) is 1. The molecule has 3 aromatic rings. The molecule has 0 bridgehead atoms. The van der Waals surface area contributed by atoms with Gasteiger partial charge in [-0.3, -0.25) is 4.55 Å². The van der Waals surface area contributed by atoms with E-state index >= 15 is 0 Å². The summed E-state index contributed by atoms with van der Waals surface area (Å²) in [5.74, 6) is 0.656. The molecule has 0 saturated carbocycles. The van der Waals surface area contributed by atoms with Gasteiger partial charge in [0.15, 0.2) is 0 Å².